The molecule has 1 atom stereocenters. The minimum atomic E-state index is -3.69. The van der Waals surface area contributed by atoms with Crippen molar-refractivity contribution in [2.24, 2.45) is 0 Å². The van der Waals surface area contributed by atoms with Crippen LogP contribution in [0.1, 0.15) is 31.4 Å². The van der Waals surface area contributed by atoms with Gasteiger partial charge in [-0.25, -0.2) is 8.42 Å². The Kier molecular flexibility index (Phi) is 6.00. The average molecular weight is 435 g/mol. The second-order valence-corrected chi connectivity index (χ2v) is 10.0. The molecular weight excluding hydrogens is 412 g/mol. The number of amides is 2. The summed E-state index contributed by atoms with van der Waals surface area (Å²) in [7, 11) is -3.69. The molecule has 0 unspecified atom stereocenters. The first kappa shape index (κ1) is 21.3. The molecule has 1 N–H and O–H groups in total. The molecular formula is C21H23ClN2O4S. The first-order chi connectivity index (χ1) is 13.6. The number of rotatable bonds is 5. The van der Waals surface area contributed by atoms with Gasteiger partial charge in [0.2, 0.25) is 11.8 Å². The molecule has 2 amide bonds. The van der Waals surface area contributed by atoms with E-state index in [4.69, 9.17) is 11.6 Å². The Morgan fingerprint density at radius 3 is 2.66 bits per heavy atom. The van der Waals surface area contributed by atoms with Gasteiger partial charge in [-0.15, -0.1) is 0 Å². The lowest BCUT2D eigenvalue weighted by molar-refractivity contribution is -0.117. The lowest BCUT2D eigenvalue weighted by atomic mass is 10.2. The first-order valence-corrected chi connectivity index (χ1v) is 11.2. The van der Waals surface area contributed by atoms with Gasteiger partial charge in [-0.2, -0.15) is 0 Å². The fraction of sp³-hybridized carbons (Fsp3) is 0.333. The third kappa shape index (κ3) is 4.31. The standard InChI is InChI=1S/C21H23ClN2O4S/c1-13(11-21(26)23-19-6-4-5-18(22)14(19)2)29(27,28)17-7-8-20-16(12-17)9-10-24(20)15(3)25/h4-8,12-13H,9-11H2,1-3H3,(H,23,26)/t13-/m1/s1. The van der Waals surface area contributed by atoms with Crippen LogP contribution >= 0.6 is 11.6 Å². The molecule has 0 bridgehead atoms. The number of carbonyl (C=O) groups excluding carboxylic acids is 2. The fourth-order valence-electron chi connectivity index (χ4n) is 3.43. The van der Waals surface area contributed by atoms with Gasteiger partial charge in [0.25, 0.3) is 0 Å². The molecule has 0 saturated carbocycles. The fourth-order valence-corrected chi connectivity index (χ4v) is 5.00. The number of fused-ring (bicyclic) bond motifs is 1. The SMILES string of the molecule is CC(=O)N1CCc2cc(S(=O)(=O)[C@H](C)CC(=O)Nc3cccc(Cl)c3C)ccc21. The number of carbonyl (C=O) groups is 2. The Hall–Kier alpha value is -2.38. The topological polar surface area (TPSA) is 83.6 Å². The zero-order chi connectivity index (χ0) is 21.3. The summed E-state index contributed by atoms with van der Waals surface area (Å²) in [5.41, 5.74) is 2.87. The largest absolute Gasteiger partial charge is 0.326 e. The maximum atomic E-state index is 13.0. The molecule has 0 saturated heterocycles. The number of hydrogen-bond donors (Lipinski definition) is 1. The Morgan fingerprint density at radius 2 is 1.97 bits per heavy atom. The Bertz CT molecular complexity index is 1080. The first-order valence-electron chi connectivity index (χ1n) is 9.31. The van der Waals surface area contributed by atoms with Crippen LogP contribution in [0.4, 0.5) is 11.4 Å². The third-order valence-corrected chi connectivity index (χ3v) is 7.75. The van der Waals surface area contributed by atoms with Crippen molar-refractivity contribution in [3.8, 4) is 0 Å². The zero-order valence-corrected chi connectivity index (χ0v) is 18.1. The predicted octanol–water partition coefficient (Wildman–Crippen LogP) is 3.75. The summed E-state index contributed by atoms with van der Waals surface area (Å²) in [6, 6.07) is 9.95. The van der Waals surface area contributed by atoms with E-state index in [9.17, 15) is 18.0 Å². The van der Waals surface area contributed by atoms with Crippen LogP contribution in [0.3, 0.4) is 0 Å². The lowest BCUT2D eigenvalue weighted by Crippen LogP contribution is -2.26. The molecule has 2 aromatic rings. The van der Waals surface area contributed by atoms with Gasteiger partial charge in [0, 0.05) is 36.3 Å². The molecule has 1 heterocycles. The number of nitrogens with zero attached hydrogens (tertiary/aromatic N) is 1. The molecule has 3 rings (SSSR count). The Labute approximate surface area is 175 Å². The summed E-state index contributed by atoms with van der Waals surface area (Å²) in [4.78, 5) is 25.9. The van der Waals surface area contributed by atoms with E-state index in [1.807, 2.05) is 0 Å². The molecule has 154 valence electrons. The minimum absolute atomic E-state index is 0.0688. The number of halogens is 1. The number of nitrogens with one attached hydrogen (secondary N) is 1. The molecule has 0 aliphatic carbocycles. The van der Waals surface area contributed by atoms with Crippen LogP contribution in [0.15, 0.2) is 41.3 Å². The van der Waals surface area contributed by atoms with Gasteiger partial charge in [0.1, 0.15) is 0 Å². The molecule has 1 aliphatic rings. The quantitative estimate of drug-likeness (QED) is 0.776. The molecule has 6 nitrogen and oxygen atoms in total. The highest BCUT2D eigenvalue weighted by atomic mass is 35.5. The summed E-state index contributed by atoms with van der Waals surface area (Å²) in [6.45, 7) is 5.34. The number of anilines is 2. The predicted molar refractivity (Wildman–Crippen MR) is 114 cm³/mol. The van der Waals surface area contributed by atoms with Crippen LogP contribution in [0.2, 0.25) is 5.02 Å². The highest BCUT2D eigenvalue weighted by Crippen LogP contribution is 2.32. The monoisotopic (exact) mass is 434 g/mol. The third-order valence-electron chi connectivity index (χ3n) is 5.20. The van der Waals surface area contributed by atoms with E-state index in [1.54, 1.807) is 42.2 Å². The maximum Gasteiger partial charge on any atom is 0.225 e. The molecule has 29 heavy (non-hydrogen) atoms. The minimum Gasteiger partial charge on any atom is -0.326 e. The molecule has 0 spiro atoms. The summed E-state index contributed by atoms with van der Waals surface area (Å²) in [5.74, 6) is -0.462. The summed E-state index contributed by atoms with van der Waals surface area (Å²) < 4.78 is 25.9. The summed E-state index contributed by atoms with van der Waals surface area (Å²) >= 11 is 6.06. The van der Waals surface area contributed by atoms with Gasteiger partial charge >= 0.3 is 0 Å². The van der Waals surface area contributed by atoms with Gasteiger partial charge in [0.15, 0.2) is 9.84 Å². The van der Waals surface area contributed by atoms with Crippen molar-refractivity contribution in [1.82, 2.24) is 0 Å². The molecule has 8 heteroatoms. The Balaban J connectivity index is 1.75. The van der Waals surface area contributed by atoms with E-state index in [1.165, 1.54) is 19.9 Å². The van der Waals surface area contributed by atoms with Gasteiger partial charge in [0.05, 0.1) is 10.1 Å². The highest BCUT2D eigenvalue weighted by molar-refractivity contribution is 7.92. The van der Waals surface area contributed by atoms with Gasteiger partial charge < -0.3 is 10.2 Å². The molecule has 1 aliphatic heterocycles. The number of benzene rings is 2. The van der Waals surface area contributed by atoms with Crippen LogP contribution < -0.4 is 10.2 Å². The van der Waals surface area contributed by atoms with Crippen LogP contribution in [0.5, 0.6) is 0 Å². The second kappa shape index (κ2) is 8.16. The zero-order valence-electron chi connectivity index (χ0n) is 16.5. The lowest BCUT2D eigenvalue weighted by Gasteiger charge is -2.17. The second-order valence-electron chi connectivity index (χ2n) is 7.23. The van der Waals surface area contributed by atoms with Crippen LogP contribution in [-0.2, 0) is 25.8 Å². The van der Waals surface area contributed by atoms with E-state index in [0.29, 0.717) is 23.7 Å². The van der Waals surface area contributed by atoms with Crippen molar-refractivity contribution in [2.45, 2.75) is 43.8 Å². The molecule has 0 radical (unpaired) electrons. The van der Waals surface area contributed by atoms with Crippen molar-refractivity contribution in [3.05, 3.63) is 52.5 Å². The van der Waals surface area contributed by atoms with Crippen LogP contribution in [0, 0.1) is 6.92 Å². The highest BCUT2D eigenvalue weighted by Gasteiger charge is 2.29. The molecule has 0 fully saturated rings. The summed E-state index contributed by atoms with van der Waals surface area (Å²) in [6.07, 6.45) is 0.437. The van der Waals surface area contributed by atoms with E-state index in [-0.39, 0.29) is 17.2 Å². The Morgan fingerprint density at radius 1 is 1.24 bits per heavy atom. The van der Waals surface area contributed by atoms with Crippen molar-refractivity contribution in [3.63, 3.8) is 0 Å². The molecule has 2 aromatic carbocycles. The van der Waals surface area contributed by atoms with Crippen molar-refractivity contribution in [1.29, 1.82) is 0 Å². The van der Waals surface area contributed by atoms with E-state index >= 15 is 0 Å². The van der Waals surface area contributed by atoms with Gasteiger partial charge in [-0.1, -0.05) is 17.7 Å². The summed E-state index contributed by atoms with van der Waals surface area (Å²) in [5, 5.41) is 2.36. The number of sulfone groups is 1. The normalized spacial score (nSPS) is 14.4. The van der Waals surface area contributed by atoms with Crippen molar-refractivity contribution >= 4 is 44.6 Å². The van der Waals surface area contributed by atoms with Crippen LogP contribution in [0.25, 0.3) is 0 Å². The molecule has 0 aromatic heterocycles. The van der Waals surface area contributed by atoms with E-state index in [0.717, 1.165) is 16.8 Å². The van der Waals surface area contributed by atoms with Gasteiger partial charge in [-0.05, 0) is 61.7 Å². The van der Waals surface area contributed by atoms with Crippen molar-refractivity contribution < 1.29 is 18.0 Å². The number of hydrogen-bond acceptors (Lipinski definition) is 4. The van der Waals surface area contributed by atoms with Crippen LogP contribution in [-0.4, -0.2) is 32.0 Å². The maximum absolute atomic E-state index is 13.0. The average Bonchev–Trinajstić information content (AvgIpc) is 3.09. The smallest absolute Gasteiger partial charge is 0.225 e. The van der Waals surface area contributed by atoms with Gasteiger partial charge in [-0.3, -0.25) is 9.59 Å². The van der Waals surface area contributed by atoms with E-state index in [2.05, 4.69) is 5.32 Å². The van der Waals surface area contributed by atoms with Crippen molar-refractivity contribution in [2.75, 3.05) is 16.8 Å². The van der Waals surface area contributed by atoms with E-state index < -0.39 is 21.0 Å².